The molecule has 0 radical (unpaired) electrons. The first-order valence-corrected chi connectivity index (χ1v) is 23.6. The van der Waals surface area contributed by atoms with Gasteiger partial charge in [-0.3, -0.25) is 24.0 Å². The number of fused-ring (bicyclic) bond motifs is 5. The van der Waals surface area contributed by atoms with Crippen LogP contribution < -0.4 is 32.0 Å². The van der Waals surface area contributed by atoms with Gasteiger partial charge in [-0.2, -0.15) is 5.26 Å². The van der Waals surface area contributed by atoms with Gasteiger partial charge in [0.2, 0.25) is 11.8 Å². The number of aromatic nitrogens is 2. The van der Waals surface area contributed by atoms with Crippen LogP contribution in [0.15, 0.2) is 60.7 Å². The Kier molecular flexibility index (Phi) is 18.6. The summed E-state index contributed by atoms with van der Waals surface area (Å²) in [5.74, 6) is -2.61. The van der Waals surface area contributed by atoms with Gasteiger partial charge in [-0.15, -0.1) is 0 Å². The lowest BCUT2D eigenvalue weighted by Gasteiger charge is -2.32. The second kappa shape index (κ2) is 24.1. The maximum atomic E-state index is 14.9. The third-order valence-corrected chi connectivity index (χ3v) is 12.3. The number of Topliss-reactive ketones (excluding diaryl/α,β-unsaturated/α-hetero) is 3. The highest BCUT2D eigenvalue weighted by molar-refractivity contribution is 6.01. The topological polar surface area (TPSA) is 247 Å². The van der Waals surface area contributed by atoms with Crippen LogP contribution >= 0.6 is 0 Å². The van der Waals surface area contributed by atoms with Crippen molar-refractivity contribution < 1.29 is 33.4 Å². The summed E-state index contributed by atoms with van der Waals surface area (Å²) in [5, 5.41) is 12.1. The van der Waals surface area contributed by atoms with Gasteiger partial charge in [0.25, 0.3) is 0 Å². The molecule has 0 unspecified atom stereocenters. The molecule has 1 aliphatic rings. The Labute approximate surface area is 400 Å². The van der Waals surface area contributed by atoms with E-state index in [2.05, 4.69) is 38.2 Å². The van der Waals surface area contributed by atoms with Gasteiger partial charge in [0, 0.05) is 74.3 Å². The van der Waals surface area contributed by atoms with Crippen LogP contribution in [0.25, 0.3) is 22.5 Å². The SMILES string of the molecule is CCCc1nc(-c2ccc(C(C)(C)C)cc2)nc(C)c1C(=O)C[C@@H](CCN)C(=O)N(C)[C@@H]1C(=O)C[C@@H](C)C(=O)N[C@H](C(=O)CCC#N)Cc2ccc(OCCN)c(c2)-c2cc1ccc2OCCN. The Balaban J connectivity index is 1.59. The van der Waals surface area contributed by atoms with Gasteiger partial charge in [-0.25, -0.2) is 9.97 Å². The van der Waals surface area contributed by atoms with Crippen molar-refractivity contribution in [2.24, 2.45) is 29.0 Å². The summed E-state index contributed by atoms with van der Waals surface area (Å²) in [5.41, 5.74) is 23.5. The van der Waals surface area contributed by atoms with Crippen LogP contribution in [-0.4, -0.2) is 90.0 Å². The number of likely N-dealkylation sites (N-methyl/N-ethyl adjacent to an activating group) is 1. The molecule has 4 atom stereocenters. The van der Waals surface area contributed by atoms with Crippen LogP contribution in [0.3, 0.4) is 0 Å². The van der Waals surface area contributed by atoms with Crippen LogP contribution in [0, 0.1) is 30.1 Å². The first-order chi connectivity index (χ1) is 32.4. The molecule has 4 aromatic rings. The van der Waals surface area contributed by atoms with E-state index in [1.54, 1.807) is 44.2 Å². The number of hydrogen-bond donors (Lipinski definition) is 4. The van der Waals surface area contributed by atoms with Crippen molar-refractivity contribution in [3.8, 4) is 40.1 Å². The molecule has 0 saturated heterocycles. The number of nitrogens with zero attached hydrogens (tertiary/aromatic N) is 4. The molecule has 7 N–H and O–H groups in total. The van der Waals surface area contributed by atoms with Gasteiger partial charge in [0.1, 0.15) is 30.8 Å². The van der Waals surface area contributed by atoms with E-state index >= 15 is 0 Å². The predicted molar refractivity (Wildman–Crippen MR) is 262 cm³/mol. The Bertz CT molecular complexity index is 2490. The monoisotopic (exact) mass is 929 g/mol. The van der Waals surface area contributed by atoms with Crippen LogP contribution in [-0.2, 0) is 37.4 Å². The molecule has 0 saturated carbocycles. The van der Waals surface area contributed by atoms with E-state index in [9.17, 15) is 29.2 Å². The normalized spacial score (nSPS) is 16.8. The molecule has 2 heterocycles. The van der Waals surface area contributed by atoms with E-state index in [4.69, 9.17) is 36.6 Å². The molecule has 15 heteroatoms. The second-order valence-corrected chi connectivity index (χ2v) is 18.6. The Morgan fingerprint density at radius 2 is 1.56 bits per heavy atom. The van der Waals surface area contributed by atoms with Crippen LogP contribution in [0.2, 0.25) is 0 Å². The highest BCUT2D eigenvalue weighted by atomic mass is 16.5. The number of ketones is 3. The van der Waals surface area contributed by atoms with Gasteiger partial charge in [-0.1, -0.05) is 77.4 Å². The van der Waals surface area contributed by atoms with Crippen LogP contribution in [0.4, 0.5) is 0 Å². The van der Waals surface area contributed by atoms with Crippen molar-refractivity contribution in [3.05, 3.63) is 94.3 Å². The number of carbonyl (C=O) groups is 5. The zero-order chi connectivity index (χ0) is 49.7. The molecule has 0 spiro atoms. The van der Waals surface area contributed by atoms with E-state index in [0.29, 0.717) is 69.4 Å². The molecule has 4 bridgehead atoms. The molecule has 5 rings (SSSR count). The van der Waals surface area contributed by atoms with E-state index in [-0.39, 0.29) is 88.4 Å². The van der Waals surface area contributed by atoms with Gasteiger partial charge in [0.05, 0.1) is 29.1 Å². The fraction of sp³-hybridized carbons (Fsp3) is 0.472. The molecule has 2 amide bonds. The van der Waals surface area contributed by atoms with Crippen LogP contribution in [0.5, 0.6) is 11.5 Å². The van der Waals surface area contributed by atoms with Crippen molar-refractivity contribution in [1.29, 1.82) is 5.26 Å². The Morgan fingerprint density at radius 3 is 2.16 bits per heavy atom. The van der Waals surface area contributed by atoms with Crippen molar-refractivity contribution in [2.45, 2.75) is 110 Å². The van der Waals surface area contributed by atoms with Gasteiger partial charge < -0.3 is 36.9 Å². The number of nitrogens with one attached hydrogen (secondary N) is 1. The number of aryl methyl sites for hydroxylation is 2. The van der Waals surface area contributed by atoms with Crippen molar-refractivity contribution >= 4 is 29.2 Å². The number of nitrogens with two attached hydrogens (primary N) is 3. The molecule has 68 heavy (non-hydrogen) atoms. The summed E-state index contributed by atoms with van der Waals surface area (Å²) in [7, 11) is 1.52. The Hall–Kier alpha value is -6.34. The minimum atomic E-state index is -1.24. The summed E-state index contributed by atoms with van der Waals surface area (Å²) < 4.78 is 12.3. The number of amides is 2. The number of carbonyl (C=O) groups excluding carboxylic acids is 5. The third kappa shape index (κ3) is 13.0. The zero-order valence-electron chi connectivity index (χ0n) is 40.7. The summed E-state index contributed by atoms with van der Waals surface area (Å²) in [6.45, 7) is 12.7. The van der Waals surface area contributed by atoms with Gasteiger partial charge in [-0.05, 0) is 79.1 Å². The first-order valence-electron chi connectivity index (χ1n) is 23.6. The number of hydrogen-bond acceptors (Lipinski definition) is 13. The number of ether oxygens (including phenoxy) is 2. The lowest BCUT2D eigenvalue weighted by molar-refractivity contribution is -0.142. The molecule has 1 aliphatic heterocycles. The minimum absolute atomic E-state index is 0.0315. The lowest BCUT2D eigenvalue weighted by atomic mass is 9.86. The predicted octanol–water partition coefficient (Wildman–Crippen LogP) is 6.29. The molecule has 1 aromatic heterocycles. The molecule has 362 valence electrons. The first kappa shape index (κ1) is 52.6. The van der Waals surface area contributed by atoms with Crippen molar-refractivity contribution in [3.63, 3.8) is 0 Å². The number of rotatable bonds is 19. The zero-order valence-corrected chi connectivity index (χ0v) is 40.7. The van der Waals surface area contributed by atoms with Crippen molar-refractivity contribution in [1.82, 2.24) is 20.2 Å². The smallest absolute Gasteiger partial charge is 0.226 e. The standard InChI is InChI=1S/C53H68N8O7/c1-8-10-41-48(33(3)58-50(59-41)35-13-16-38(17-14-35)53(4,5)6)44(63)31-37(20-22-55)52(66)61(7)49-36-15-19-47(68-26-24-57)40(30-36)39-28-34(12-18-46(39)67-25-23-56)29-42(43(62)11-9-21-54)60-51(65)32(2)27-45(49)64/h12-19,28,30,32,37,42,49H,8-11,20,22-27,29,31,55-57H2,1-7H3,(H,60,65)/t32-,37-,42+,49+/m1/s1. The second-order valence-electron chi connectivity index (χ2n) is 18.6. The third-order valence-electron chi connectivity index (χ3n) is 12.3. The summed E-state index contributed by atoms with van der Waals surface area (Å²) in [6.07, 6.45) is 0.846. The molecular formula is C53H68N8O7. The lowest BCUT2D eigenvalue weighted by Crippen LogP contribution is -2.46. The summed E-state index contributed by atoms with van der Waals surface area (Å²) >= 11 is 0. The highest BCUT2D eigenvalue weighted by Crippen LogP contribution is 2.41. The minimum Gasteiger partial charge on any atom is -0.492 e. The summed E-state index contributed by atoms with van der Waals surface area (Å²) in [4.78, 5) is 82.7. The fourth-order valence-electron chi connectivity index (χ4n) is 8.63. The van der Waals surface area contributed by atoms with Gasteiger partial charge in [0.15, 0.2) is 23.2 Å². The molecule has 0 fully saturated rings. The van der Waals surface area contributed by atoms with E-state index in [0.717, 1.165) is 5.56 Å². The van der Waals surface area contributed by atoms with Crippen molar-refractivity contribution in [2.75, 3.05) is 39.9 Å². The Morgan fingerprint density at radius 1 is 0.912 bits per heavy atom. The molecular weight excluding hydrogens is 861 g/mol. The quantitative estimate of drug-likeness (QED) is 0.0756. The largest absolute Gasteiger partial charge is 0.492 e. The highest BCUT2D eigenvalue weighted by Gasteiger charge is 2.37. The maximum absolute atomic E-state index is 14.9. The maximum Gasteiger partial charge on any atom is 0.226 e. The van der Waals surface area contributed by atoms with E-state index in [1.165, 1.54) is 17.5 Å². The average molecular weight is 929 g/mol. The fourth-order valence-corrected chi connectivity index (χ4v) is 8.63. The summed E-state index contributed by atoms with van der Waals surface area (Å²) in [6, 6.07) is 18.4. The average Bonchev–Trinajstić information content (AvgIpc) is 3.31. The number of benzene rings is 3. The molecule has 15 nitrogen and oxygen atoms in total. The molecule has 0 aliphatic carbocycles. The van der Waals surface area contributed by atoms with E-state index < -0.39 is 41.5 Å². The van der Waals surface area contributed by atoms with E-state index in [1.807, 2.05) is 31.2 Å². The van der Waals surface area contributed by atoms with Gasteiger partial charge >= 0.3 is 0 Å². The van der Waals surface area contributed by atoms with Crippen LogP contribution in [0.1, 0.15) is 118 Å². The number of nitriles is 1. The molecule has 3 aromatic carbocycles.